The minimum Gasteiger partial charge on any atom is -0.492 e. The van der Waals surface area contributed by atoms with Crippen molar-refractivity contribution in [1.82, 2.24) is 5.32 Å². The summed E-state index contributed by atoms with van der Waals surface area (Å²) in [6, 6.07) is 7.33. The van der Waals surface area contributed by atoms with Crippen LogP contribution in [0.15, 0.2) is 18.2 Å². The molecular formula is C16H24N2O2. The van der Waals surface area contributed by atoms with E-state index in [0.29, 0.717) is 6.61 Å². The van der Waals surface area contributed by atoms with Gasteiger partial charge < -0.3 is 19.7 Å². The Morgan fingerprint density at radius 3 is 2.80 bits per heavy atom. The highest BCUT2D eigenvalue weighted by Gasteiger charge is 2.20. The van der Waals surface area contributed by atoms with Crippen molar-refractivity contribution in [2.75, 3.05) is 37.8 Å². The Hall–Kier alpha value is -1.26. The van der Waals surface area contributed by atoms with Crippen LogP contribution in [-0.4, -0.2) is 39.0 Å². The topological polar surface area (TPSA) is 33.7 Å². The van der Waals surface area contributed by atoms with Crippen molar-refractivity contribution in [2.45, 2.75) is 32.4 Å². The fourth-order valence-electron chi connectivity index (χ4n) is 2.55. The summed E-state index contributed by atoms with van der Waals surface area (Å²) in [7, 11) is 0. The molecular weight excluding hydrogens is 252 g/mol. The molecule has 0 bridgehead atoms. The number of nitrogens with zero attached hydrogens (tertiary/aromatic N) is 1. The number of benzene rings is 1. The van der Waals surface area contributed by atoms with Crippen LogP contribution in [0.25, 0.3) is 0 Å². The number of hydrogen-bond acceptors (Lipinski definition) is 4. The molecule has 2 fully saturated rings. The van der Waals surface area contributed by atoms with Gasteiger partial charge >= 0.3 is 0 Å². The maximum atomic E-state index is 5.84. The van der Waals surface area contributed by atoms with Crippen LogP contribution >= 0.6 is 0 Å². The Balaban J connectivity index is 1.73. The quantitative estimate of drug-likeness (QED) is 0.863. The van der Waals surface area contributed by atoms with Crippen LogP contribution in [0.4, 0.5) is 5.69 Å². The van der Waals surface area contributed by atoms with Gasteiger partial charge in [0.05, 0.1) is 25.5 Å². The number of morpholine rings is 1. The molecule has 1 N–H and O–H groups in total. The number of rotatable bonds is 6. The van der Waals surface area contributed by atoms with Gasteiger partial charge in [0, 0.05) is 25.7 Å². The van der Waals surface area contributed by atoms with Crippen LogP contribution in [0, 0.1) is 0 Å². The molecule has 1 heterocycles. The van der Waals surface area contributed by atoms with Gasteiger partial charge in [-0.25, -0.2) is 0 Å². The molecule has 20 heavy (non-hydrogen) atoms. The average Bonchev–Trinajstić information content (AvgIpc) is 3.31. The third-order valence-electron chi connectivity index (χ3n) is 3.85. The van der Waals surface area contributed by atoms with Gasteiger partial charge in [0.2, 0.25) is 0 Å². The van der Waals surface area contributed by atoms with Crippen LogP contribution in [-0.2, 0) is 11.3 Å². The van der Waals surface area contributed by atoms with E-state index in [4.69, 9.17) is 9.47 Å². The molecule has 1 aliphatic heterocycles. The molecule has 2 aliphatic rings. The first-order chi connectivity index (χ1) is 9.86. The first-order valence-corrected chi connectivity index (χ1v) is 7.68. The van der Waals surface area contributed by atoms with Crippen molar-refractivity contribution in [1.29, 1.82) is 0 Å². The molecule has 0 unspecified atom stereocenters. The molecule has 4 nitrogen and oxygen atoms in total. The molecule has 0 atom stereocenters. The zero-order valence-corrected chi connectivity index (χ0v) is 12.2. The maximum absolute atomic E-state index is 5.84. The third kappa shape index (κ3) is 3.44. The number of anilines is 1. The molecule has 0 radical (unpaired) electrons. The summed E-state index contributed by atoms with van der Waals surface area (Å²) in [5.41, 5.74) is 2.50. The molecule has 1 aliphatic carbocycles. The van der Waals surface area contributed by atoms with Crippen molar-refractivity contribution in [3.8, 4) is 5.75 Å². The number of ether oxygens (including phenoxy) is 2. The number of nitrogens with one attached hydrogen (secondary N) is 1. The van der Waals surface area contributed by atoms with E-state index in [2.05, 4.69) is 28.4 Å². The minimum absolute atomic E-state index is 0.705. The lowest BCUT2D eigenvalue weighted by Gasteiger charge is -2.30. The van der Waals surface area contributed by atoms with Gasteiger partial charge in [0.1, 0.15) is 5.75 Å². The summed E-state index contributed by atoms with van der Waals surface area (Å²) < 4.78 is 11.3. The molecule has 1 aromatic rings. The SMILES string of the molecule is CCOc1cc(CNC2CC2)ccc1N1CCOCC1. The first-order valence-electron chi connectivity index (χ1n) is 7.68. The molecule has 0 spiro atoms. The Labute approximate surface area is 121 Å². The van der Waals surface area contributed by atoms with Crippen molar-refractivity contribution in [3.05, 3.63) is 23.8 Å². The fourth-order valence-corrected chi connectivity index (χ4v) is 2.55. The second-order valence-corrected chi connectivity index (χ2v) is 5.49. The van der Waals surface area contributed by atoms with Crippen molar-refractivity contribution in [3.63, 3.8) is 0 Å². The highest BCUT2D eigenvalue weighted by atomic mass is 16.5. The molecule has 1 saturated carbocycles. The predicted octanol–water partition coefficient (Wildman–Crippen LogP) is 2.17. The normalized spacial score (nSPS) is 19.1. The van der Waals surface area contributed by atoms with Gasteiger partial charge in [0.15, 0.2) is 0 Å². The lowest BCUT2D eigenvalue weighted by molar-refractivity contribution is 0.122. The summed E-state index contributed by atoms with van der Waals surface area (Å²) in [5.74, 6) is 1.00. The van der Waals surface area contributed by atoms with E-state index in [9.17, 15) is 0 Å². The Morgan fingerprint density at radius 2 is 2.10 bits per heavy atom. The average molecular weight is 276 g/mol. The second kappa shape index (κ2) is 6.46. The monoisotopic (exact) mass is 276 g/mol. The maximum Gasteiger partial charge on any atom is 0.142 e. The van der Waals surface area contributed by atoms with E-state index in [0.717, 1.165) is 44.6 Å². The van der Waals surface area contributed by atoms with Gasteiger partial charge in [-0.15, -0.1) is 0 Å². The van der Waals surface area contributed by atoms with E-state index in [1.54, 1.807) is 0 Å². The van der Waals surface area contributed by atoms with E-state index in [1.807, 2.05) is 6.92 Å². The van der Waals surface area contributed by atoms with E-state index in [1.165, 1.54) is 24.1 Å². The van der Waals surface area contributed by atoms with Gasteiger partial charge in [-0.3, -0.25) is 0 Å². The van der Waals surface area contributed by atoms with Gasteiger partial charge in [0.25, 0.3) is 0 Å². The predicted molar refractivity (Wildman–Crippen MR) is 80.5 cm³/mol. The summed E-state index contributed by atoms with van der Waals surface area (Å²) in [4.78, 5) is 2.35. The van der Waals surface area contributed by atoms with Gasteiger partial charge in [-0.05, 0) is 37.5 Å². The summed E-state index contributed by atoms with van der Waals surface area (Å²) in [6.07, 6.45) is 2.65. The zero-order chi connectivity index (χ0) is 13.8. The molecule has 1 aromatic carbocycles. The Morgan fingerprint density at radius 1 is 1.30 bits per heavy atom. The molecule has 0 amide bonds. The van der Waals surface area contributed by atoms with Crippen molar-refractivity contribution >= 4 is 5.69 Å². The van der Waals surface area contributed by atoms with Crippen molar-refractivity contribution < 1.29 is 9.47 Å². The third-order valence-corrected chi connectivity index (χ3v) is 3.85. The zero-order valence-electron chi connectivity index (χ0n) is 12.2. The van der Waals surface area contributed by atoms with Crippen LogP contribution in [0.2, 0.25) is 0 Å². The summed E-state index contributed by atoms with van der Waals surface area (Å²) >= 11 is 0. The fraction of sp³-hybridized carbons (Fsp3) is 0.625. The largest absolute Gasteiger partial charge is 0.492 e. The molecule has 4 heteroatoms. The highest BCUT2D eigenvalue weighted by Crippen LogP contribution is 2.30. The highest BCUT2D eigenvalue weighted by molar-refractivity contribution is 5.60. The van der Waals surface area contributed by atoms with E-state index >= 15 is 0 Å². The van der Waals surface area contributed by atoms with E-state index in [-0.39, 0.29) is 0 Å². The van der Waals surface area contributed by atoms with Crippen LogP contribution in [0.3, 0.4) is 0 Å². The lowest BCUT2D eigenvalue weighted by Crippen LogP contribution is -2.36. The molecule has 110 valence electrons. The van der Waals surface area contributed by atoms with Crippen molar-refractivity contribution in [2.24, 2.45) is 0 Å². The smallest absolute Gasteiger partial charge is 0.142 e. The summed E-state index contributed by atoms with van der Waals surface area (Å²) in [5, 5.41) is 3.55. The lowest BCUT2D eigenvalue weighted by atomic mass is 10.1. The standard InChI is InChI=1S/C16H24N2O2/c1-2-20-16-11-13(12-17-14-4-5-14)3-6-15(16)18-7-9-19-10-8-18/h3,6,11,14,17H,2,4-5,7-10,12H2,1H3. The first kappa shape index (κ1) is 13.7. The Kier molecular flexibility index (Phi) is 4.43. The van der Waals surface area contributed by atoms with Crippen LogP contribution < -0.4 is 15.0 Å². The summed E-state index contributed by atoms with van der Waals surface area (Å²) in [6.45, 7) is 7.18. The molecule has 1 saturated heterocycles. The van der Waals surface area contributed by atoms with Crippen LogP contribution in [0.5, 0.6) is 5.75 Å². The molecule has 3 rings (SSSR count). The van der Waals surface area contributed by atoms with Gasteiger partial charge in [-0.2, -0.15) is 0 Å². The molecule has 0 aromatic heterocycles. The van der Waals surface area contributed by atoms with E-state index < -0.39 is 0 Å². The second-order valence-electron chi connectivity index (χ2n) is 5.49. The van der Waals surface area contributed by atoms with Crippen LogP contribution in [0.1, 0.15) is 25.3 Å². The van der Waals surface area contributed by atoms with Gasteiger partial charge in [-0.1, -0.05) is 6.07 Å². The minimum atomic E-state index is 0.705. The number of hydrogen-bond donors (Lipinski definition) is 1. The Bertz CT molecular complexity index is 440.